The summed E-state index contributed by atoms with van der Waals surface area (Å²) in [6.07, 6.45) is 10.2. The number of hydrogen-bond donors (Lipinski definition) is 1. The highest BCUT2D eigenvalue weighted by Gasteiger charge is 2.12. The molecule has 0 saturated carbocycles. The van der Waals surface area contributed by atoms with Gasteiger partial charge >= 0.3 is 0 Å². The molecule has 0 fully saturated rings. The Bertz CT molecular complexity index is 487. The van der Waals surface area contributed by atoms with E-state index < -0.39 is 0 Å². The quantitative estimate of drug-likeness (QED) is 0.870. The number of anilines is 1. The van der Waals surface area contributed by atoms with Crippen molar-refractivity contribution in [3.63, 3.8) is 0 Å². The molecule has 0 aromatic carbocycles. The summed E-state index contributed by atoms with van der Waals surface area (Å²) in [5.41, 5.74) is 1.15. The van der Waals surface area contributed by atoms with Gasteiger partial charge in [-0.15, -0.1) is 0 Å². The molecular formula is C14H17ClN4. The Morgan fingerprint density at radius 1 is 1.26 bits per heavy atom. The van der Waals surface area contributed by atoms with E-state index in [-0.39, 0.29) is 6.04 Å². The third kappa shape index (κ3) is 4.17. The molecule has 2 heterocycles. The van der Waals surface area contributed by atoms with Crippen molar-refractivity contribution in [1.29, 1.82) is 0 Å². The van der Waals surface area contributed by atoms with Gasteiger partial charge in [-0.1, -0.05) is 37.4 Å². The van der Waals surface area contributed by atoms with E-state index in [9.17, 15) is 0 Å². The zero-order chi connectivity index (χ0) is 13.5. The van der Waals surface area contributed by atoms with Crippen LogP contribution in [0.1, 0.15) is 37.8 Å². The minimum absolute atomic E-state index is 0.176. The molecule has 2 aromatic rings. The molecule has 0 amide bonds. The van der Waals surface area contributed by atoms with Crippen LogP contribution in [0, 0.1) is 0 Å². The van der Waals surface area contributed by atoms with Crippen molar-refractivity contribution in [2.45, 2.75) is 32.2 Å². The van der Waals surface area contributed by atoms with Gasteiger partial charge in [0, 0.05) is 12.4 Å². The van der Waals surface area contributed by atoms with Crippen molar-refractivity contribution in [3.05, 3.63) is 47.5 Å². The van der Waals surface area contributed by atoms with Gasteiger partial charge in [-0.3, -0.25) is 4.98 Å². The van der Waals surface area contributed by atoms with E-state index in [0.29, 0.717) is 11.0 Å². The largest absolute Gasteiger partial charge is 0.347 e. The first kappa shape index (κ1) is 13.7. The fourth-order valence-corrected chi connectivity index (χ4v) is 1.95. The molecule has 2 rings (SSSR count). The Morgan fingerprint density at radius 2 is 2.05 bits per heavy atom. The number of nitrogens with one attached hydrogen (secondary N) is 1. The fraction of sp³-hybridized carbons (Fsp3) is 0.357. The zero-order valence-electron chi connectivity index (χ0n) is 10.9. The van der Waals surface area contributed by atoms with Gasteiger partial charge in [0.05, 0.1) is 23.5 Å². The molecule has 2 aromatic heterocycles. The standard InChI is InChI=1S/C14H17ClN4/c1-2-3-6-13(11-5-4-7-16-8-11)19-14-17-9-12(15)10-18-14/h4-5,7-10,13H,2-3,6H2,1H3,(H,17,18,19). The van der Waals surface area contributed by atoms with Crippen molar-refractivity contribution in [3.8, 4) is 0 Å². The number of hydrogen-bond acceptors (Lipinski definition) is 4. The molecular weight excluding hydrogens is 260 g/mol. The zero-order valence-corrected chi connectivity index (χ0v) is 11.6. The van der Waals surface area contributed by atoms with Crippen LogP contribution < -0.4 is 5.32 Å². The van der Waals surface area contributed by atoms with Gasteiger partial charge in [0.25, 0.3) is 0 Å². The molecule has 0 aliphatic heterocycles. The van der Waals surface area contributed by atoms with Crippen LogP contribution in [0.4, 0.5) is 5.95 Å². The van der Waals surface area contributed by atoms with Crippen molar-refractivity contribution < 1.29 is 0 Å². The van der Waals surface area contributed by atoms with Crippen LogP contribution in [0.3, 0.4) is 0 Å². The average molecular weight is 277 g/mol. The van der Waals surface area contributed by atoms with Crippen LogP contribution in [0.2, 0.25) is 5.02 Å². The van der Waals surface area contributed by atoms with Crippen LogP contribution in [0.15, 0.2) is 36.9 Å². The summed E-state index contributed by atoms with van der Waals surface area (Å²) in [6, 6.07) is 4.18. The monoisotopic (exact) mass is 276 g/mol. The Hall–Kier alpha value is -1.68. The fourth-order valence-electron chi connectivity index (χ4n) is 1.86. The first-order valence-corrected chi connectivity index (χ1v) is 6.81. The molecule has 1 atom stereocenters. The maximum Gasteiger partial charge on any atom is 0.223 e. The predicted molar refractivity (Wildman–Crippen MR) is 77.2 cm³/mol. The van der Waals surface area contributed by atoms with Crippen LogP contribution >= 0.6 is 11.6 Å². The highest BCUT2D eigenvalue weighted by Crippen LogP contribution is 2.22. The second kappa shape index (κ2) is 7.04. The Morgan fingerprint density at radius 3 is 2.68 bits per heavy atom. The van der Waals surface area contributed by atoms with Crippen LogP contribution in [0.25, 0.3) is 0 Å². The highest BCUT2D eigenvalue weighted by molar-refractivity contribution is 6.30. The van der Waals surface area contributed by atoms with E-state index in [1.807, 2.05) is 12.3 Å². The SMILES string of the molecule is CCCCC(Nc1ncc(Cl)cn1)c1cccnc1. The lowest BCUT2D eigenvalue weighted by Gasteiger charge is -2.18. The summed E-state index contributed by atoms with van der Waals surface area (Å²) in [5, 5.41) is 3.88. The number of pyridine rings is 1. The number of aromatic nitrogens is 3. The summed E-state index contributed by atoms with van der Waals surface area (Å²) in [7, 11) is 0. The van der Waals surface area contributed by atoms with E-state index in [2.05, 4.69) is 33.3 Å². The third-order valence-corrected chi connectivity index (χ3v) is 3.05. The van der Waals surface area contributed by atoms with Gasteiger partial charge in [-0.2, -0.15) is 0 Å². The van der Waals surface area contributed by atoms with E-state index in [0.717, 1.165) is 24.8 Å². The van der Waals surface area contributed by atoms with E-state index >= 15 is 0 Å². The number of unbranched alkanes of at least 4 members (excludes halogenated alkanes) is 1. The molecule has 4 nitrogen and oxygen atoms in total. The van der Waals surface area contributed by atoms with Gasteiger partial charge in [0.15, 0.2) is 0 Å². The van der Waals surface area contributed by atoms with Crippen molar-refractivity contribution in [1.82, 2.24) is 15.0 Å². The van der Waals surface area contributed by atoms with E-state index in [4.69, 9.17) is 11.6 Å². The lowest BCUT2D eigenvalue weighted by Crippen LogP contribution is -2.13. The van der Waals surface area contributed by atoms with Crippen molar-refractivity contribution in [2.24, 2.45) is 0 Å². The normalized spacial score (nSPS) is 12.1. The third-order valence-electron chi connectivity index (χ3n) is 2.86. The summed E-state index contributed by atoms with van der Waals surface area (Å²) in [4.78, 5) is 12.5. The van der Waals surface area contributed by atoms with Crippen LogP contribution in [-0.2, 0) is 0 Å². The molecule has 1 unspecified atom stereocenters. The van der Waals surface area contributed by atoms with Gasteiger partial charge in [-0.05, 0) is 18.1 Å². The smallest absolute Gasteiger partial charge is 0.223 e. The van der Waals surface area contributed by atoms with Crippen molar-refractivity contribution >= 4 is 17.5 Å². The van der Waals surface area contributed by atoms with Gasteiger partial charge in [0.2, 0.25) is 5.95 Å². The Balaban J connectivity index is 2.11. The van der Waals surface area contributed by atoms with E-state index in [1.165, 1.54) is 0 Å². The summed E-state index contributed by atoms with van der Waals surface area (Å²) >= 11 is 5.79. The minimum atomic E-state index is 0.176. The molecule has 0 saturated heterocycles. The first-order chi connectivity index (χ1) is 9.29. The summed E-state index contributed by atoms with van der Waals surface area (Å²) in [6.45, 7) is 2.18. The minimum Gasteiger partial charge on any atom is -0.347 e. The second-order valence-electron chi connectivity index (χ2n) is 4.35. The average Bonchev–Trinajstić information content (AvgIpc) is 2.46. The molecule has 5 heteroatoms. The molecule has 0 aliphatic carbocycles. The Kier molecular flexibility index (Phi) is 5.10. The molecule has 100 valence electrons. The maximum absolute atomic E-state index is 5.79. The summed E-state index contributed by atoms with van der Waals surface area (Å²) in [5.74, 6) is 0.592. The Labute approximate surface area is 118 Å². The maximum atomic E-state index is 5.79. The molecule has 0 aliphatic rings. The highest BCUT2D eigenvalue weighted by atomic mass is 35.5. The molecule has 1 N–H and O–H groups in total. The molecule has 0 radical (unpaired) electrons. The number of rotatable bonds is 6. The van der Waals surface area contributed by atoms with Crippen LogP contribution in [0.5, 0.6) is 0 Å². The summed E-state index contributed by atoms with van der Waals surface area (Å²) < 4.78 is 0. The second-order valence-corrected chi connectivity index (χ2v) is 4.79. The van der Waals surface area contributed by atoms with Gasteiger partial charge in [0.1, 0.15) is 0 Å². The predicted octanol–water partition coefficient (Wildman–Crippen LogP) is 3.87. The lowest BCUT2D eigenvalue weighted by atomic mass is 10.0. The van der Waals surface area contributed by atoms with Gasteiger partial charge in [-0.25, -0.2) is 9.97 Å². The van der Waals surface area contributed by atoms with Crippen molar-refractivity contribution in [2.75, 3.05) is 5.32 Å². The number of halogens is 1. The molecule has 0 bridgehead atoms. The van der Waals surface area contributed by atoms with Gasteiger partial charge < -0.3 is 5.32 Å². The topological polar surface area (TPSA) is 50.7 Å². The molecule has 0 spiro atoms. The molecule has 19 heavy (non-hydrogen) atoms. The number of nitrogens with zero attached hydrogens (tertiary/aromatic N) is 3. The first-order valence-electron chi connectivity index (χ1n) is 6.43. The van der Waals surface area contributed by atoms with Crippen LogP contribution in [-0.4, -0.2) is 15.0 Å². The van der Waals surface area contributed by atoms with E-state index in [1.54, 1.807) is 18.6 Å². The lowest BCUT2D eigenvalue weighted by molar-refractivity contribution is 0.628.